The normalized spacial score (nSPS) is 22.5. The lowest BCUT2D eigenvalue weighted by atomic mass is 10.0. The van der Waals surface area contributed by atoms with Gasteiger partial charge in [0.05, 0.1) is 18.7 Å². The van der Waals surface area contributed by atoms with Crippen LogP contribution in [0, 0.1) is 0 Å². The van der Waals surface area contributed by atoms with Crippen LogP contribution in [0.25, 0.3) is 0 Å². The molecule has 1 fully saturated rings. The molecule has 2 N–H and O–H groups in total. The van der Waals surface area contributed by atoms with Crippen LogP contribution in [0.3, 0.4) is 0 Å². The number of esters is 1. The van der Waals surface area contributed by atoms with Gasteiger partial charge in [-0.1, -0.05) is 6.07 Å². The van der Waals surface area contributed by atoms with E-state index in [1.807, 2.05) is 29.3 Å². The summed E-state index contributed by atoms with van der Waals surface area (Å²) in [5.41, 5.74) is 1.14. The van der Waals surface area contributed by atoms with Gasteiger partial charge in [0.1, 0.15) is 0 Å². The van der Waals surface area contributed by atoms with Crippen molar-refractivity contribution in [2.45, 2.75) is 6.04 Å². The highest BCUT2D eigenvalue weighted by Gasteiger charge is 2.34. The Kier molecular flexibility index (Phi) is 5.24. The standard InChI is InChI=1S/C15H19N3O3S2/c1-21-14(19)12-10(9-18-4-7-22-8-5-18)16-15(20)17-13(12)11-3-2-6-23-11/h2-3,6,13H,4-5,7-9H2,1H3,(H2,16,17,20). The molecule has 0 saturated carbocycles. The molecular formula is C15H19N3O3S2. The van der Waals surface area contributed by atoms with E-state index >= 15 is 0 Å². The van der Waals surface area contributed by atoms with Crippen LogP contribution < -0.4 is 10.6 Å². The number of methoxy groups -OCH3 is 1. The average molecular weight is 353 g/mol. The number of rotatable bonds is 4. The van der Waals surface area contributed by atoms with E-state index in [-0.39, 0.29) is 6.03 Å². The third-order valence-electron chi connectivity index (χ3n) is 3.87. The highest BCUT2D eigenvalue weighted by atomic mass is 32.2. The van der Waals surface area contributed by atoms with Gasteiger partial charge in [-0.05, 0) is 11.4 Å². The second-order valence-electron chi connectivity index (χ2n) is 5.32. The Bertz CT molecular complexity index is 609. The number of hydrogen-bond acceptors (Lipinski definition) is 6. The van der Waals surface area contributed by atoms with Gasteiger partial charge in [-0.15, -0.1) is 11.3 Å². The summed E-state index contributed by atoms with van der Waals surface area (Å²) in [4.78, 5) is 27.6. The number of carbonyl (C=O) groups is 2. The molecule has 2 aliphatic rings. The lowest BCUT2D eigenvalue weighted by molar-refractivity contribution is -0.136. The maximum atomic E-state index is 12.3. The summed E-state index contributed by atoms with van der Waals surface area (Å²) >= 11 is 3.43. The zero-order valence-corrected chi connectivity index (χ0v) is 14.5. The quantitative estimate of drug-likeness (QED) is 0.804. The predicted molar refractivity (Wildman–Crippen MR) is 91.5 cm³/mol. The number of hydrogen-bond donors (Lipinski definition) is 2. The van der Waals surface area contributed by atoms with Crippen molar-refractivity contribution in [3.63, 3.8) is 0 Å². The predicted octanol–water partition coefficient (Wildman–Crippen LogP) is 1.58. The molecule has 0 aliphatic carbocycles. The number of nitrogens with zero attached hydrogens (tertiary/aromatic N) is 1. The molecule has 0 spiro atoms. The van der Waals surface area contributed by atoms with E-state index in [0.29, 0.717) is 17.8 Å². The zero-order chi connectivity index (χ0) is 16.2. The Morgan fingerprint density at radius 2 is 2.22 bits per heavy atom. The van der Waals surface area contributed by atoms with Crippen molar-refractivity contribution in [2.24, 2.45) is 0 Å². The minimum Gasteiger partial charge on any atom is -0.466 e. The molecule has 1 atom stereocenters. The lowest BCUT2D eigenvalue weighted by Gasteiger charge is -2.32. The van der Waals surface area contributed by atoms with Crippen LogP contribution in [0.5, 0.6) is 0 Å². The molecule has 1 aromatic rings. The highest BCUT2D eigenvalue weighted by molar-refractivity contribution is 7.99. The van der Waals surface area contributed by atoms with Gasteiger partial charge in [0, 0.05) is 41.7 Å². The van der Waals surface area contributed by atoms with E-state index in [4.69, 9.17) is 4.74 Å². The van der Waals surface area contributed by atoms with E-state index in [1.165, 1.54) is 18.4 Å². The Morgan fingerprint density at radius 1 is 1.43 bits per heavy atom. The third-order valence-corrected chi connectivity index (χ3v) is 5.75. The molecule has 1 unspecified atom stereocenters. The van der Waals surface area contributed by atoms with Crippen molar-refractivity contribution in [3.8, 4) is 0 Å². The molecular weight excluding hydrogens is 334 g/mol. The SMILES string of the molecule is COC(=O)C1=C(CN2CCSCC2)NC(=O)NC1c1cccs1. The van der Waals surface area contributed by atoms with Crippen molar-refractivity contribution >= 4 is 35.1 Å². The van der Waals surface area contributed by atoms with Crippen molar-refractivity contribution in [1.82, 2.24) is 15.5 Å². The van der Waals surface area contributed by atoms with Gasteiger partial charge in [0.15, 0.2) is 0 Å². The van der Waals surface area contributed by atoms with E-state index < -0.39 is 12.0 Å². The van der Waals surface area contributed by atoms with Gasteiger partial charge in [0.25, 0.3) is 0 Å². The van der Waals surface area contributed by atoms with E-state index in [0.717, 1.165) is 29.5 Å². The summed E-state index contributed by atoms with van der Waals surface area (Å²) in [6.45, 7) is 2.46. The number of amides is 2. The Hall–Kier alpha value is -1.51. The summed E-state index contributed by atoms with van der Waals surface area (Å²) in [5, 5.41) is 7.57. The number of carbonyl (C=O) groups excluding carboxylic acids is 2. The first-order valence-corrected chi connectivity index (χ1v) is 9.45. The molecule has 8 heteroatoms. The molecule has 124 valence electrons. The van der Waals surface area contributed by atoms with Gasteiger partial charge < -0.3 is 15.4 Å². The number of nitrogens with one attached hydrogen (secondary N) is 2. The largest absolute Gasteiger partial charge is 0.466 e. The number of urea groups is 1. The van der Waals surface area contributed by atoms with Crippen molar-refractivity contribution in [1.29, 1.82) is 0 Å². The highest BCUT2D eigenvalue weighted by Crippen LogP contribution is 2.30. The Balaban J connectivity index is 1.94. The smallest absolute Gasteiger partial charge is 0.338 e. The molecule has 1 aromatic heterocycles. The topological polar surface area (TPSA) is 70.7 Å². The Morgan fingerprint density at radius 3 is 2.87 bits per heavy atom. The fraction of sp³-hybridized carbons (Fsp3) is 0.467. The number of ether oxygens (including phenoxy) is 1. The van der Waals surface area contributed by atoms with Gasteiger partial charge in [-0.2, -0.15) is 11.8 Å². The molecule has 23 heavy (non-hydrogen) atoms. The minimum atomic E-state index is -0.453. The maximum absolute atomic E-state index is 12.3. The molecule has 1 saturated heterocycles. The van der Waals surface area contributed by atoms with Crippen molar-refractivity contribution < 1.29 is 14.3 Å². The summed E-state index contributed by atoms with van der Waals surface area (Å²) in [7, 11) is 1.37. The first kappa shape index (κ1) is 16.4. The molecule has 0 radical (unpaired) electrons. The van der Waals surface area contributed by atoms with Crippen LogP contribution in [-0.2, 0) is 9.53 Å². The monoisotopic (exact) mass is 353 g/mol. The fourth-order valence-corrected chi connectivity index (χ4v) is 4.51. The van der Waals surface area contributed by atoms with Crippen LogP contribution in [-0.4, -0.2) is 55.2 Å². The van der Waals surface area contributed by atoms with Crippen LogP contribution in [0.15, 0.2) is 28.8 Å². The van der Waals surface area contributed by atoms with Crippen LogP contribution in [0.1, 0.15) is 10.9 Å². The minimum absolute atomic E-state index is 0.280. The van der Waals surface area contributed by atoms with Gasteiger partial charge in [-0.25, -0.2) is 9.59 Å². The van der Waals surface area contributed by atoms with Gasteiger partial charge >= 0.3 is 12.0 Å². The molecule has 6 nitrogen and oxygen atoms in total. The van der Waals surface area contributed by atoms with Crippen molar-refractivity contribution in [2.75, 3.05) is 38.2 Å². The first-order valence-electron chi connectivity index (χ1n) is 7.41. The maximum Gasteiger partial charge on any atom is 0.338 e. The summed E-state index contributed by atoms with van der Waals surface area (Å²) < 4.78 is 4.97. The summed E-state index contributed by atoms with van der Waals surface area (Å²) in [6.07, 6.45) is 0. The van der Waals surface area contributed by atoms with Gasteiger partial charge in [0.2, 0.25) is 0 Å². The molecule has 2 amide bonds. The molecule has 3 rings (SSSR count). The Labute approximate surface area is 143 Å². The van der Waals surface area contributed by atoms with Crippen molar-refractivity contribution in [3.05, 3.63) is 33.7 Å². The van der Waals surface area contributed by atoms with Crippen LogP contribution in [0.4, 0.5) is 4.79 Å². The van der Waals surface area contributed by atoms with E-state index in [2.05, 4.69) is 15.5 Å². The second-order valence-corrected chi connectivity index (χ2v) is 7.52. The van der Waals surface area contributed by atoms with Crippen LogP contribution in [0.2, 0.25) is 0 Å². The fourth-order valence-electron chi connectivity index (χ4n) is 2.75. The zero-order valence-electron chi connectivity index (χ0n) is 12.8. The molecule has 3 heterocycles. The third kappa shape index (κ3) is 3.70. The summed E-state index contributed by atoms with van der Waals surface area (Å²) in [5.74, 6) is 1.74. The van der Waals surface area contributed by atoms with E-state index in [1.54, 1.807) is 0 Å². The molecule has 2 aliphatic heterocycles. The molecule has 0 aromatic carbocycles. The summed E-state index contributed by atoms with van der Waals surface area (Å²) in [6, 6.07) is 3.09. The second kappa shape index (κ2) is 7.37. The number of thioether (sulfide) groups is 1. The molecule has 0 bridgehead atoms. The number of thiophene rings is 1. The van der Waals surface area contributed by atoms with Crippen LogP contribution >= 0.6 is 23.1 Å². The van der Waals surface area contributed by atoms with Gasteiger partial charge in [-0.3, -0.25) is 4.90 Å². The lowest BCUT2D eigenvalue weighted by Crippen LogP contribution is -2.49. The first-order chi connectivity index (χ1) is 11.2. The van der Waals surface area contributed by atoms with E-state index in [9.17, 15) is 9.59 Å². The average Bonchev–Trinajstić information content (AvgIpc) is 3.09.